The van der Waals surface area contributed by atoms with Crippen LogP contribution in [0.2, 0.25) is 0 Å². The van der Waals surface area contributed by atoms with Gasteiger partial charge in [0.05, 0.1) is 5.56 Å². The smallest absolute Gasteiger partial charge is 0.335 e. The highest BCUT2D eigenvalue weighted by Crippen LogP contribution is 2.30. The number of benzene rings is 2. The highest BCUT2D eigenvalue weighted by atomic mass is 32.2. The summed E-state index contributed by atoms with van der Waals surface area (Å²) in [6, 6.07) is 12.9. The van der Waals surface area contributed by atoms with Crippen LogP contribution in [0.5, 0.6) is 0 Å². The second kappa shape index (κ2) is 5.80. The van der Waals surface area contributed by atoms with E-state index in [0.29, 0.717) is 11.3 Å². The van der Waals surface area contributed by atoms with Crippen molar-refractivity contribution in [2.24, 2.45) is 0 Å². The van der Waals surface area contributed by atoms with Crippen LogP contribution in [-0.2, 0) is 5.75 Å². The number of thioether (sulfide) groups is 1. The van der Waals surface area contributed by atoms with Gasteiger partial charge in [0.15, 0.2) is 0 Å². The van der Waals surface area contributed by atoms with E-state index in [1.54, 1.807) is 23.9 Å². The first-order chi connectivity index (χ1) is 9.09. The Morgan fingerprint density at radius 3 is 2.68 bits per heavy atom. The molecule has 0 unspecified atom stereocenters. The average Bonchev–Trinajstić information content (AvgIpc) is 2.40. The molecule has 0 aliphatic rings. The average molecular weight is 273 g/mol. The maximum Gasteiger partial charge on any atom is 0.335 e. The number of carbonyl (C=O) groups is 1. The number of aromatic carboxylic acids is 1. The van der Waals surface area contributed by atoms with Crippen molar-refractivity contribution in [1.29, 1.82) is 0 Å². The van der Waals surface area contributed by atoms with Crippen LogP contribution < -0.4 is 5.73 Å². The van der Waals surface area contributed by atoms with Gasteiger partial charge >= 0.3 is 5.97 Å². The molecule has 0 aliphatic heterocycles. The largest absolute Gasteiger partial charge is 0.478 e. The first-order valence-electron chi connectivity index (χ1n) is 5.88. The second-order valence-corrected chi connectivity index (χ2v) is 5.25. The molecular weight excluding hydrogens is 258 g/mol. The van der Waals surface area contributed by atoms with Crippen LogP contribution in [0.25, 0.3) is 0 Å². The summed E-state index contributed by atoms with van der Waals surface area (Å²) in [5.41, 5.74) is 8.96. The highest BCUT2D eigenvalue weighted by molar-refractivity contribution is 7.98. The second-order valence-electron chi connectivity index (χ2n) is 4.24. The van der Waals surface area contributed by atoms with Crippen LogP contribution in [0.15, 0.2) is 47.4 Å². The summed E-state index contributed by atoms with van der Waals surface area (Å²) in [5, 5.41) is 9.13. The van der Waals surface area contributed by atoms with E-state index in [4.69, 9.17) is 10.8 Å². The lowest BCUT2D eigenvalue weighted by atomic mass is 10.1. The van der Waals surface area contributed by atoms with Crippen LogP contribution in [0.1, 0.15) is 21.5 Å². The molecule has 0 atom stereocenters. The van der Waals surface area contributed by atoms with Crippen LogP contribution in [0, 0.1) is 6.92 Å². The summed E-state index contributed by atoms with van der Waals surface area (Å²) in [5.74, 6) is -0.302. The van der Waals surface area contributed by atoms with Crippen molar-refractivity contribution in [2.45, 2.75) is 17.6 Å². The summed E-state index contributed by atoms with van der Waals surface area (Å²) >= 11 is 1.56. The number of aryl methyl sites for hydroxylation is 1. The fourth-order valence-corrected chi connectivity index (χ4v) is 2.84. The van der Waals surface area contributed by atoms with Crippen molar-refractivity contribution in [1.82, 2.24) is 0 Å². The number of carboxylic acids is 1. The summed E-state index contributed by atoms with van der Waals surface area (Å²) in [4.78, 5) is 12.1. The van der Waals surface area contributed by atoms with E-state index in [0.717, 1.165) is 21.7 Å². The molecule has 0 saturated carbocycles. The monoisotopic (exact) mass is 273 g/mol. The van der Waals surface area contributed by atoms with Crippen LogP contribution in [-0.4, -0.2) is 11.1 Å². The van der Waals surface area contributed by atoms with Gasteiger partial charge in [0.1, 0.15) is 0 Å². The van der Waals surface area contributed by atoms with Gasteiger partial charge in [-0.15, -0.1) is 11.8 Å². The van der Waals surface area contributed by atoms with E-state index in [1.807, 2.05) is 37.3 Å². The maximum atomic E-state index is 11.1. The van der Waals surface area contributed by atoms with Gasteiger partial charge in [-0.3, -0.25) is 0 Å². The zero-order valence-electron chi connectivity index (χ0n) is 10.6. The van der Waals surface area contributed by atoms with Gasteiger partial charge in [-0.2, -0.15) is 0 Å². The highest BCUT2D eigenvalue weighted by Gasteiger charge is 2.10. The van der Waals surface area contributed by atoms with Crippen molar-refractivity contribution in [3.8, 4) is 0 Å². The number of rotatable bonds is 4. The lowest BCUT2D eigenvalue weighted by Gasteiger charge is -2.09. The molecule has 2 aromatic carbocycles. The van der Waals surface area contributed by atoms with Crippen LogP contribution in [0.3, 0.4) is 0 Å². The minimum Gasteiger partial charge on any atom is -0.478 e. The zero-order chi connectivity index (χ0) is 13.8. The first-order valence-corrected chi connectivity index (χ1v) is 6.87. The number of anilines is 1. The Morgan fingerprint density at radius 1 is 1.21 bits per heavy atom. The molecular formula is C15H15NO2S. The van der Waals surface area contributed by atoms with Gasteiger partial charge in [-0.1, -0.05) is 30.3 Å². The van der Waals surface area contributed by atoms with E-state index < -0.39 is 5.97 Å². The molecule has 0 fully saturated rings. The third-order valence-corrected chi connectivity index (χ3v) is 4.04. The normalized spacial score (nSPS) is 10.4. The molecule has 98 valence electrons. The molecule has 2 aromatic rings. The molecule has 0 saturated heterocycles. The third kappa shape index (κ3) is 3.09. The lowest BCUT2D eigenvalue weighted by Crippen LogP contribution is -2.01. The molecule has 0 radical (unpaired) electrons. The molecule has 0 spiro atoms. The maximum absolute atomic E-state index is 11.1. The number of nitrogens with two attached hydrogens (primary N) is 1. The van der Waals surface area contributed by atoms with Crippen molar-refractivity contribution < 1.29 is 9.90 Å². The number of para-hydroxylation sites is 1. The minimum atomic E-state index is -0.895. The number of carboxylic acid groups (broad SMARTS) is 1. The molecule has 3 N–H and O–H groups in total. The van der Waals surface area contributed by atoms with E-state index in [2.05, 4.69) is 0 Å². The first kappa shape index (κ1) is 13.5. The van der Waals surface area contributed by atoms with Crippen LogP contribution >= 0.6 is 11.8 Å². The topological polar surface area (TPSA) is 63.3 Å². The molecule has 0 aromatic heterocycles. The summed E-state index contributed by atoms with van der Waals surface area (Å²) in [6.07, 6.45) is 0. The number of hydrogen-bond acceptors (Lipinski definition) is 3. The van der Waals surface area contributed by atoms with E-state index in [1.165, 1.54) is 0 Å². The zero-order valence-corrected chi connectivity index (χ0v) is 11.4. The Bertz CT molecular complexity index is 611. The fourth-order valence-electron chi connectivity index (χ4n) is 1.79. The summed E-state index contributed by atoms with van der Waals surface area (Å²) < 4.78 is 0. The SMILES string of the molecule is Cc1cccc(SCc2ccccc2C(=O)O)c1N. The van der Waals surface area contributed by atoms with Crippen molar-refractivity contribution in [3.05, 3.63) is 59.2 Å². The van der Waals surface area contributed by atoms with Gasteiger partial charge in [0, 0.05) is 16.3 Å². The molecule has 0 amide bonds. The Kier molecular flexibility index (Phi) is 4.12. The van der Waals surface area contributed by atoms with Gasteiger partial charge in [0.2, 0.25) is 0 Å². The van der Waals surface area contributed by atoms with E-state index in [9.17, 15) is 4.79 Å². The Balaban J connectivity index is 2.19. The van der Waals surface area contributed by atoms with Crippen molar-refractivity contribution >= 4 is 23.4 Å². The molecule has 4 heteroatoms. The van der Waals surface area contributed by atoms with Crippen LogP contribution in [0.4, 0.5) is 5.69 Å². The van der Waals surface area contributed by atoms with Gasteiger partial charge in [-0.25, -0.2) is 4.79 Å². The number of nitrogen functional groups attached to an aromatic ring is 1. The lowest BCUT2D eigenvalue weighted by molar-refractivity contribution is 0.0696. The van der Waals surface area contributed by atoms with Crippen molar-refractivity contribution in [2.75, 3.05) is 5.73 Å². The predicted molar refractivity (Wildman–Crippen MR) is 78.6 cm³/mol. The summed E-state index contributed by atoms with van der Waals surface area (Å²) in [7, 11) is 0. The summed E-state index contributed by atoms with van der Waals surface area (Å²) in [6.45, 7) is 1.96. The Hall–Kier alpha value is -1.94. The predicted octanol–water partition coefficient (Wildman–Crippen LogP) is 3.57. The van der Waals surface area contributed by atoms with Gasteiger partial charge in [-0.05, 0) is 30.2 Å². The Labute approximate surface area is 116 Å². The molecule has 3 nitrogen and oxygen atoms in total. The van der Waals surface area contributed by atoms with Crippen molar-refractivity contribution in [3.63, 3.8) is 0 Å². The molecule has 2 rings (SSSR count). The van der Waals surface area contributed by atoms with Gasteiger partial charge < -0.3 is 10.8 Å². The molecule has 0 heterocycles. The quantitative estimate of drug-likeness (QED) is 0.660. The standard InChI is InChI=1S/C15H15NO2S/c1-10-5-4-8-13(14(10)16)19-9-11-6-2-3-7-12(11)15(17)18/h2-8H,9,16H2,1H3,(H,17,18). The third-order valence-electron chi connectivity index (χ3n) is 2.92. The molecule has 19 heavy (non-hydrogen) atoms. The Morgan fingerprint density at radius 2 is 1.95 bits per heavy atom. The fraction of sp³-hybridized carbons (Fsp3) is 0.133. The van der Waals surface area contributed by atoms with E-state index >= 15 is 0 Å². The molecule has 0 bridgehead atoms. The van der Waals surface area contributed by atoms with E-state index in [-0.39, 0.29) is 0 Å². The number of hydrogen-bond donors (Lipinski definition) is 2. The van der Waals surface area contributed by atoms with Gasteiger partial charge in [0.25, 0.3) is 0 Å². The minimum absolute atomic E-state index is 0.348. The molecule has 0 aliphatic carbocycles.